The van der Waals surface area contributed by atoms with Gasteiger partial charge in [0.1, 0.15) is 23.7 Å². The molecule has 0 amide bonds. The van der Waals surface area contributed by atoms with E-state index in [2.05, 4.69) is 40.7 Å². The van der Waals surface area contributed by atoms with Crippen LogP contribution in [-0.4, -0.2) is 97.3 Å². The van der Waals surface area contributed by atoms with Crippen LogP contribution < -0.4 is 0 Å². The van der Waals surface area contributed by atoms with Crippen LogP contribution >= 0.6 is 0 Å². The summed E-state index contributed by atoms with van der Waals surface area (Å²) >= 11 is 0. The number of ether oxygens (including phenoxy) is 2. The summed E-state index contributed by atoms with van der Waals surface area (Å²) in [5, 5.41) is 76.7. The maximum Gasteiger partial charge on any atom is 0.312 e. The molecule has 46 heavy (non-hydrogen) atoms. The van der Waals surface area contributed by atoms with Gasteiger partial charge in [0, 0.05) is 5.41 Å². The molecular weight excluding hydrogens is 592 g/mol. The lowest BCUT2D eigenvalue weighted by molar-refractivity contribution is -0.341. The second-order valence-corrected chi connectivity index (χ2v) is 18.0. The van der Waals surface area contributed by atoms with Crippen LogP contribution in [-0.2, 0) is 14.3 Å². The Hall–Kier alpha value is -1.11. The maximum absolute atomic E-state index is 13.0. The number of carboxylic acids is 1. The van der Waals surface area contributed by atoms with Gasteiger partial charge < -0.3 is 45.2 Å². The molecule has 7 N–H and O–H groups in total. The third-order valence-corrected chi connectivity index (χ3v) is 15.2. The van der Waals surface area contributed by atoms with Gasteiger partial charge in [-0.15, -0.1) is 0 Å². The van der Waals surface area contributed by atoms with Crippen molar-refractivity contribution in [3.63, 3.8) is 0 Å². The van der Waals surface area contributed by atoms with Gasteiger partial charge in [0.2, 0.25) is 0 Å². The van der Waals surface area contributed by atoms with Gasteiger partial charge in [-0.25, -0.2) is 0 Å². The Kier molecular flexibility index (Phi) is 8.27. The van der Waals surface area contributed by atoms with E-state index in [9.17, 15) is 40.5 Å². The number of aliphatic carboxylic acids is 1. The number of hydrogen-bond acceptors (Lipinski definition) is 9. The van der Waals surface area contributed by atoms with Crippen molar-refractivity contribution in [3.05, 3.63) is 11.6 Å². The molecule has 0 aromatic carbocycles. The van der Waals surface area contributed by atoms with Gasteiger partial charge in [-0.1, -0.05) is 53.2 Å². The zero-order chi connectivity index (χ0) is 34.0. The Morgan fingerprint density at radius 2 is 1.59 bits per heavy atom. The molecule has 1 heterocycles. The summed E-state index contributed by atoms with van der Waals surface area (Å²) in [5.41, 5.74) is -2.10. The average Bonchev–Trinajstić information content (AvgIpc) is 2.96. The molecule has 0 unspecified atom stereocenters. The van der Waals surface area contributed by atoms with E-state index in [-0.39, 0.29) is 35.2 Å². The summed E-state index contributed by atoms with van der Waals surface area (Å²) in [7, 11) is 0. The fourth-order valence-electron chi connectivity index (χ4n) is 12.4. The highest BCUT2D eigenvalue weighted by atomic mass is 16.7. The fraction of sp³-hybridized carbons (Fsp3) is 0.917. The first-order valence-electron chi connectivity index (χ1n) is 17.5. The molecule has 4 saturated carbocycles. The first-order valence-corrected chi connectivity index (χ1v) is 17.5. The van der Waals surface area contributed by atoms with E-state index in [0.29, 0.717) is 19.3 Å². The lowest BCUT2D eigenvalue weighted by Gasteiger charge is -2.72. The summed E-state index contributed by atoms with van der Waals surface area (Å²) in [6, 6.07) is 0. The van der Waals surface area contributed by atoms with Crippen molar-refractivity contribution in [2.45, 2.75) is 149 Å². The molecule has 10 heteroatoms. The number of fused-ring (bicyclic) bond motifs is 7. The van der Waals surface area contributed by atoms with Gasteiger partial charge >= 0.3 is 5.97 Å². The maximum atomic E-state index is 13.0. The summed E-state index contributed by atoms with van der Waals surface area (Å²) in [5.74, 6) is -1.12. The lowest BCUT2D eigenvalue weighted by atomic mass is 9.33. The summed E-state index contributed by atoms with van der Waals surface area (Å²) in [6.45, 7) is 14.4. The van der Waals surface area contributed by atoms with Crippen molar-refractivity contribution in [1.82, 2.24) is 0 Å². The van der Waals surface area contributed by atoms with Crippen molar-refractivity contribution < 1.29 is 50.0 Å². The largest absolute Gasteiger partial charge is 0.481 e. The van der Waals surface area contributed by atoms with Crippen molar-refractivity contribution >= 4 is 5.97 Å². The smallest absolute Gasteiger partial charge is 0.312 e. The molecule has 5 fully saturated rings. The Morgan fingerprint density at radius 1 is 0.913 bits per heavy atom. The van der Waals surface area contributed by atoms with Crippen LogP contribution in [0.25, 0.3) is 0 Å². The first-order chi connectivity index (χ1) is 21.2. The fourth-order valence-corrected chi connectivity index (χ4v) is 12.4. The molecular formula is C36H58O10. The molecule has 0 aromatic rings. The minimum atomic E-state index is -1.52. The predicted molar refractivity (Wildman–Crippen MR) is 168 cm³/mol. The normalized spacial score (nSPS) is 56.5. The Labute approximate surface area is 273 Å². The number of hydrogen-bond donors (Lipinski definition) is 7. The Balaban J connectivity index is 1.36. The molecule has 6 rings (SSSR count). The van der Waals surface area contributed by atoms with Crippen LogP contribution in [0.4, 0.5) is 0 Å². The molecule has 16 atom stereocenters. The summed E-state index contributed by atoms with van der Waals surface area (Å²) < 4.78 is 12.0. The highest BCUT2D eigenvalue weighted by molar-refractivity contribution is 5.77. The van der Waals surface area contributed by atoms with Crippen LogP contribution in [0, 0.1) is 50.2 Å². The molecule has 1 saturated heterocycles. The van der Waals surface area contributed by atoms with Crippen LogP contribution in [0.2, 0.25) is 0 Å². The molecule has 0 aromatic heterocycles. The van der Waals surface area contributed by atoms with Gasteiger partial charge in [0.05, 0.1) is 31.0 Å². The average molecular weight is 651 g/mol. The van der Waals surface area contributed by atoms with E-state index in [1.165, 1.54) is 5.57 Å². The van der Waals surface area contributed by atoms with Crippen LogP contribution in [0.5, 0.6) is 0 Å². The van der Waals surface area contributed by atoms with Crippen LogP contribution in [0.15, 0.2) is 11.6 Å². The standard InChI is InChI=1S/C36H58O10/c1-18-25(40)26(41)27(42)29(45-18)46-28-21(38)15-32(4)22(33(28,5)17-37)10-11-34(6)23(32)9-8-19-20-14-31(2,3)12-13-36(20,30(43)44)24(39)16-35(19,34)7/h8,18,20-29,37-42H,9-17H2,1-7H3,(H,43,44)/t18-,20-,21-,22+,23+,24+,25-,26+,27+,28-,29-,32-,33-,34+,35+,36+/m0/s1. The van der Waals surface area contributed by atoms with Crippen LogP contribution in [0.3, 0.4) is 0 Å². The van der Waals surface area contributed by atoms with E-state index in [4.69, 9.17) is 9.47 Å². The van der Waals surface area contributed by atoms with E-state index in [1.54, 1.807) is 6.92 Å². The molecule has 0 bridgehead atoms. The van der Waals surface area contributed by atoms with Crippen molar-refractivity contribution in [2.24, 2.45) is 50.2 Å². The van der Waals surface area contributed by atoms with Crippen LogP contribution in [0.1, 0.15) is 99.8 Å². The molecule has 10 nitrogen and oxygen atoms in total. The monoisotopic (exact) mass is 650 g/mol. The van der Waals surface area contributed by atoms with Gasteiger partial charge in [-0.2, -0.15) is 0 Å². The van der Waals surface area contributed by atoms with Gasteiger partial charge in [0.25, 0.3) is 0 Å². The predicted octanol–water partition coefficient (Wildman–Crippen LogP) is 3.00. The Bertz CT molecular complexity index is 1250. The van der Waals surface area contributed by atoms with Crippen molar-refractivity contribution in [2.75, 3.05) is 6.61 Å². The number of carboxylic acid groups (broad SMARTS) is 1. The molecule has 0 spiro atoms. The summed E-state index contributed by atoms with van der Waals surface area (Å²) in [4.78, 5) is 13.0. The minimum Gasteiger partial charge on any atom is -0.481 e. The highest BCUT2D eigenvalue weighted by Gasteiger charge is 2.72. The third-order valence-electron chi connectivity index (χ3n) is 15.2. The van der Waals surface area contributed by atoms with Gasteiger partial charge in [-0.05, 0) is 97.7 Å². The molecule has 6 aliphatic rings. The van der Waals surface area contributed by atoms with E-state index >= 15 is 0 Å². The second kappa shape index (κ2) is 10.9. The first kappa shape index (κ1) is 34.7. The quantitative estimate of drug-likeness (QED) is 0.177. The molecule has 5 aliphatic carbocycles. The molecule has 0 radical (unpaired) electrons. The summed E-state index contributed by atoms with van der Waals surface area (Å²) in [6.07, 6.45) is -1.95. The van der Waals surface area contributed by atoms with Crippen molar-refractivity contribution in [1.29, 1.82) is 0 Å². The number of carbonyl (C=O) groups is 1. The lowest BCUT2D eigenvalue weighted by Crippen LogP contribution is -2.70. The van der Waals surface area contributed by atoms with E-state index in [1.807, 2.05) is 6.92 Å². The minimum absolute atomic E-state index is 0.0310. The third kappa shape index (κ3) is 4.46. The SMILES string of the molecule is C[C@@H]1O[C@@H](O[C@H]2[C@@H](O)C[C@@]3(C)[C@@H](CC[C@]4(C)[C@@H]3CC=C3[C@@H]5CC(C)(C)CC[C@]5(C(=O)O)[C@H](O)C[C@]34C)[C@]2(C)CO)[C@H](O)[C@H](O)[C@H]1O. The second-order valence-electron chi connectivity index (χ2n) is 18.0. The van der Waals surface area contributed by atoms with E-state index in [0.717, 1.165) is 32.1 Å². The zero-order valence-electron chi connectivity index (χ0n) is 28.6. The highest BCUT2D eigenvalue weighted by Crippen LogP contribution is 2.76. The number of allylic oxidation sites excluding steroid dienone is 2. The van der Waals surface area contributed by atoms with Gasteiger partial charge in [0.15, 0.2) is 6.29 Å². The molecule has 262 valence electrons. The van der Waals surface area contributed by atoms with E-state index < -0.39 is 76.6 Å². The zero-order valence-corrected chi connectivity index (χ0v) is 28.6. The Morgan fingerprint density at radius 3 is 2.22 bits per heavy atom. The number of rotatable bonds is 4. The molecule has 1 aliphatic heterocycles. The number of aliphatic hydroxyl groups is 6. The number of aliphatic hydroxyl groups excluding tert-OH is 6. The topological polar surface area (TPSA) is 177 Å². The van der Waals surface area contributed by atoms with Crippen molar-refractivity contribution in [3.8, 4) is 0 Å². The van der Waals surface area contributed by atoms with Gasteiger partial charge in [-0.3, -0.25) is 4.79 Å².